The van der Waals surface area contributed by atoms with Gasteiger partial charge in [0.15, 0.2) is 11.5 Å². The van der Waals surface area contributed by atoms with E-state index in [0.29, 0.717) is 39.1 Å². The number of rotatable bonds is 2. The van der Waals surface area contributed by atoms with Gasteiger partial charge in [-0.1, -0.05) is 18.2 Å². The van der Waals surface area contributed by atoms with Gasteiger partial charge in [0.05, 0.1) is 23.0 Å². The van der Waals surface area contributed by atoms with E-state index < -0.39 is 5.82 Å². The second-order valence-electron chi connectivity index (χ2n) is 6.54. The van der Waals surface area contributed by atoms with Gasteiger partial charge >= 0.3 is 0 Å². The molecule has 0 saturated carbocycles. The summed E-state index contributed by atoms with van der Waals surface area (Å²) in [7, 11) is 0. The van der Waals surface area contributed by atoms with Gasteiger partial charge in [0, 0.05) is 35.1 Å². The molecule has 2 N–H and O–H groups in total. The zero-order valence-electron chi connectivity index (χ0n) is 15.0. The van der Waals surface area contributed by atoms with Crippen LogP contribution >= 0.6 is 0 Å². The van der Waals surface area contributed by atoms with Crippen molar-refractivity contribution in [2.75, 3.05) is 5.73 Å². The molecule has 3 heterocycles. The van der Waals surface area contributed by atoms with Crippen LogP contribution in [0.2, 0.25) is 0 Å². The third-order valence-corrected chi connectivity index (χ3v) is 4.79. The largest absolute Gasteiger partial charge is 0.381 e. The highest BCUT2D eigenvalue weighted by Crippen LogP contribution is 2.35. The van der Waals surface area contributed by atoms with Crippen molar-refractivity contribution < 1.29 is 4.39 Å². The molecule has 6 nitrogen and oxygen atoms in total. The fourth-order valence-corrected chi connectivity index (χ4v) is 3.48. The van der Waals surface area contributed by atoms with Crippen molar-refractivity contribution >= 4 is 22.4 Å². The van der Waals surface area contributed by atoms with Gasteiger partial charge in [0.25, 0.3) is 0 Å². The first kappa shape index (κ1) is 16.8. The Hall–Kier alpha value is -4.31. The maximum absolute atomic E-state index is 14.8. The van der Waals surface area contributed by atoms with Gasteiger partial charge < -0.3 is 5.73 Å². The van der Waals surface area contributed by atoms with Crippen LogP contribution in [0.5, 0.6) is 0 Å². The van der Waals surface area contributed by atoms with E-state index in [4.69, 9.17) is 11.0 Å². The lowest BCUT2D eigenvalue weighted by Crippen LogP contribution is -2.04. The Morgan fingerprint density at radius 3 is 2.62 bits per heavy atom. The second-order valence-corrected chi connectivity index (χ2v) is 6.54. The molecule has 0 amide bonds. The molecule has 0 aliphatic rings. The number of pyridine rings is 1. The Balaban J connectivity index is 1.86. The number of halogens is 1. The first-order valence-electron chi connectivity index (χ1n) is 8.83. The summed E-state index contributed by atoms with van der Waals surface area (Å²) in [6.07, 6.45) is 4.95. The Bertz CT molecular complexity index is 1430. The third-order valence-electron chi connectivity index (χ3n) is 4.79. The van der Waals surface area contributed by atoms with Crippen molar-refractivity contribution in [3.8, 4) is 28.6 Å². The van der Waals surface area contributed by atoms with E-state index in [2.05, 4.69) is 21.0 Å². The van der Waals surface area contributed by atoms with E-state index >= 15 is 0 Å². The molecule has 3 aromatic heterocycles. The molecule has 0 saturated heterocycles. The minimum Gasteiger partial charge on any atom is -0.381 e. The summed E-state index contributed by atoms with van der Waals surface area (Å²) < 4.78 is 16.6. The highest BCUT2D eigenvalue weighted by atomic mass is 19.1. The van der Waals surface area contributed by atoms with E-state index in [1.807, 2.05) is 12.1 Å². The third kappa shape index (κ3) is 2.66. The molecule has 0 bridgehead atoms. The summed E-state index contributed by atoms with van der Waals surface area (Å²) >= 11 is 0. The quantitative estimate of drug-likeness (QED) is 0.495. The number of benzene rings is 2. The summed E-state index contributed by atoms with van der Waals surface area (Å²) in [5.41, 5.74) is 10.1. The molecule has 0 atom stereocenters. The first-order chi connectivity index (χ1) is 14.2. The molecule has 0 fully saturated rings. The molecule has 138 valence electrons. The van der Waals surface area contributed by atoms with Crippen LogP contribution < -0.4 is 5.73 Å². The normalized spacial score (nSPS) is 11.0. The topological polar surface area (TPSA) is 92.9 Å². The van der Waals surface area contributed by atoms with Crippen LogP contribution in [0, 0.1) is 17.1 Å². The average molecular weight is 380 g/mol. The first-order valence-corrected chi connectivity index (χ1v) is 8.83. The summed E-state index contributed by atoms with van der Waals surface area (Å²) in [6, 6.07) is 16.0. The SMILES string of the molecule is N#Cc1ccc(-c2nc(N)c3nccn3c2-c2cc(F)c3ncccc3c2)cc1. The maximum atomic E-state index is 14.8. The maximum Gasteiger partial charge on any atom is 0.180 e. The summed E-state index contributed by atoms with van der Waals surface area (Å²) in [5.74, 6) is -0.157. The monoisotopic (exact) mass is 380 g/mol. The van der Waals surface area contributed by atoms with Crippen molar-refractivity contribution in [2.24, 2.45) is 0 Å². The van der Waals surface area contributed by atoms with Crippen LogP contribution in [0.1, 0.15) is 5.56 Å². The highest BCUT2D eigenvalue weighted by molar-refractivity contribution is 5.89. The Morgan fingerprint density at radius 2 is 1.83 bits per heavy atom. The number of hydrogen-bond acceptors (Lipinski definition) is 5. The van der Waals surface area contributed by atoms with Gasteiger partial charge in [-0.05, 0) is 30.3 Å². The predicted octanol–water partition coefficient (Wildman–Crippen LogP) is 4.20. The Morgan fingerprint density at radius 1 is 1.00 bits per heavy atom. The number of nitrogens with two attached hydrogens (primary N) is 1. The van der Waals surface area contributed by atoms with Crippen molar-refractivity contribution in [1.82, 2.24) is 19.4 Å². The molecule has 29 heavy (non-hydrogen) atoms. The zero-order chi connectivity index (χ0) is 20.0. The highest BCUT2D eigenvalue weighted by Gasteiger charge is 2.18. The van der Waals surface area contributed by atoms with Gasteiger partial charge in [-0.15, -0.1) is 0 Å². The van der Waals surface area contributed by atoms with Crippen LogP contribution in [0.3, 0.4) is 0 Å². The zero-order valence-corrected chi connectivity index (χ0v) is 15.0. The molecule has 0 unspecified atom stereocenters. The average Bonchev–Trinajstić information content (AvgIpc) is 3.24. The lowest BCUT2D eigenvalue weighted by molar-refractivity contribution is 0.637. The Labute approximate surface area is 164 Å². The van der Waals surface area contributed by atoms with Crippen LogP contribution in [0.15, 0.2) is 67.1 Å². The molecule has 7 heteroatoms. The minimum atomic E-state index is -0.422. The van der Waals surface area contributed by atoms with Crippen molar-refractivity contribution in [1.29, 1.82) is 5.26 Å². The second kappa shape index (κ2) is 6.39. The fraction of sp³-hybridized carbons (Fsp3) is 0. The molecule has 0 radical (unpaired) electrons. The number of nitrogen functional groups attached to an aromatic ring is 1. The standard InChI is InChI=1S/C22H13FN6/c23-17-11-16(10-15-2-1-7-26-18(15)17)20-19(14-5-3-13(12-24)4-6-14)28-21(25)22-27-8-9-29(20)22/h1-11H,(H2,25,28). The van der Waals surface area contributed by atoms with Crippen LogP contribution in [0.25, 0.3) is 39.1 Å². The lowest BCUT2D eigenvalue weighted by atomic mass is 10.0. The summed E-state index contributed by atoms with van der Waals surface area (Å²) in [5, 5.41) is 9.75. The van der Waals surface area contributed by atoms with Gasteiger partial charge in [-0.2, -0.15) is 5.26 Å². The number of anilines is 1. The Kier molecular flexibility index (Phi) is 3.71. The molecule has 0 aliphatic carbocycles. The van der Waals surface area contributed by atoms with Crippen LogP contribution in [0.4, 0.5) is 10.2 Å². The lowest BCUT2D eigenvalue weighted by Gasteiger charge is -2.14. The number of nitriles is 1. The summed E-state index contributed by atoms with van der Waals surface area (Å²) in [4.78, 5) is 13.0. The number of hydrogen-bond donors (Lipinski definition) is 1. The van der Waals surface area contributed by atoms with E-state index in [9.17, 15) is 4.39 Å². The van der Waals surface area contributed by atoms with Gasteiger partial charge in [0.1, 0.15) is 11.3 Å². The molecular weight excluding hydrogens is 367 g/mol. The molecule has 5 aromatic rings. The molecule has 5 rings (SSSR count). The minimum absolute atomic E-state index is 0.265. The van der Waals surface area contributed by atoms with Crippen LogP contribution in [-0.4, -0.2) is 19.4 Å². The molecule has 0 spiro atoms. The predicted molar refractivity (Wildman–Crippen MR) is 108 cm³/mol. The summed E-state index contributed by atoms with van der Waals surface area (Å²) in [6.45, 7) is 0. The molecule has 2 aromatic carbocycles. The number of fused-ring (bicyclic) bond motifs is 2. The van der Waals surface area contributed by atoms with Crippen molar-refractivity contribution in [2.45, 2.75) is 0 Å². The molecular formula is C22H13FN6. The van der Waals surface area contributed by atoms with Crippen molar-refractivity contribution in [3.63, 3.8) is 0 Å². The number of imidazole rings is 1. The van der Waals surface area contributed by atoms with Crippen LogP contribution in [-0.2, 0) is 0 Å². The fourth-order valence-electron chi connectivity index (χ4n) is 3.48. The molecule has 0 aliphatic heterocycles. The van der Waals surface area contributed by atoms with Crippen molar-refractivity contribution in [3.05, 3.63) is 78.5 Å². The van der Waals surface area contributed by atoms with E-state index in [0.717, 1.165) is 5.56 Å². The van der Waals surface area contributed by atoms with E-state index in [-0.39, 0.29) is 5.82 Å². The van der Waals surface area contributed by atoms with Gasteiger partial charge in [0.2, 0.25) is 0 Å². The smallest absolute Gasteiger partial charge is 0.180 e. The number of aromatic nitrogens is 4. The van der Waals surface area contributed by atoms with E-state index in [1.165, 1.54) is 6.07 Å². The van der Waals surface area contributed by atoms with Gasteiger partial charge in [-0.25, -0.2) is 14.4 Å². The van der Waals surface area contributed by atoms with E-state index in [1.54, 1.807) is 53.3 Å². The number of nitrogens with zero attached hydrogens (tertiary/aromatic N) is 5. The van der Waals surface area contributed by atoms with Gasteiger partial charge in [-0.3, -0.25) is 9.38 Å².